The second kappa shape index (κ2) is 24.1. The van der Waals surface area contributed by atoms with Gasteiger partial charge in [0.2, 0.25) is 0 Å². The number of halogens is 4. The van der Waals surface area contributed by atoms with E-state index in [1.54, 1.807) is 51.3 Å². The van der Waals surface area contributed by atoms with Crippen LogP contribution in [-0.4, -0.2) is 44.3 Å². The predicted octanol–water partition coefficient (Wildman–Crippen LogP) is 9.10. The van der Waals surface area contributed by atoms with Crippen LogP contribution in [-0.2, 0) is 22.4 Å². The van der Waals surface area contributed by atoms with Gasteiger partial charge in [-0.3, -0.25) is 0 Å². The third-order valence-corrected chi connectivity index (χ3v) is 6.02. The van der Waals surface area contributed by atoms with Gasteiger partial charge in [0.25, 0.3) is 6.43 Å². The zero-order valence-corrected chi connectivity index (χ0v) is 26.8. The fourth-order valence-corrected chi connectivity index (χ4v) is 3.70. The zero-order chi connectivity index (χ0) is 33.5. The number of allylic oxidation sites excluding steroid dienone is 4. The lowest BCUT2D eigenvalue weighted by atomic mass is 9.92. The molecule has 0 aliphatic heterocycles. The van der Waals surface area contributed by atoms with Crippen molar-refractivity contribution in [2.45, 2.75) is 85.9 Å². The van der Waals surface area contributed by atoms with E-state index in [1.165, 1.54) is 6.92 Å². The summed E-state index contributed by atoms with van der Waals surface area (Å²) in [5.74, 6) is -1.91. The Hall–Kier alpha value is -3.36. The van der Waals surface area contributed by atoms with E-state index in [9.17, 15) is 27.5 Å². The second-order valence-electron chi connectivity index (χ2n) is 9.38. The van der Waals surface area contributed by atoms with Crippen molar-refractivity contribution in [1.82, 2.24) is 0 Å². The number of aliphatic hydroxyl groups is 1. The average Bonchev–Trinajstić information content (AvgIpc) is 2.99. The summed E-state index contributed by atoms with van der Waals surface area (Å²) in [4.78, 5) is 14.2. The zero-order valence-electron chi connectivity index (χ0n) is 26.8. The number of benzene rings is 2. The highest BCUT2D eigenvalue weighted by Crippen LogP contribution is 2.26. The molecule has 0 radical (unpaired) electrons. The summed E-state index contributed by atoms with van der Waals surface area (Å²) >= 11 is 0. The first-order valence-corrected chi connectivity index (χ1v) is 14.3. The maximum atomic E-state index is 13.2. The first-order valence-electron chi connectivity index (χ1n) is 14.3. The maximum Gasteiger partial charge on any atom is 0.261 e. The number of alkyl halides is 2. The van der Waals surface area contributed by atoms with Crippen LogP contribution < -0.4 is 0 Å². The molecule has 3 unspecified atom stereocenters. The normalized spacial score (nSPS) is 12.9. The van der Waals surface area contributed by atoms with E-state index in [4.69, 9.17) is 4.74 Å². The lowest BCUT2D eigenvalue weighted by molar-refractivity contribution is -0.108. The van der Waals surface area contributed by atoms with Gasteiger partial charge in [0.05, 0.1) is 12.2 Å². The molecule has 0 heterocycles. The summed E-state index contributed by atoms with van der Waals surface area (Å²) in [7, 11) is 1.64. The van der Waals surface area contributed by atoms with Gasteiger partial charge in [-0.1, -0.05) is 82.8 Å². The van der Waals surface area contributed by atoms with Crippen LogP contribution in [0.2, 0.25) is 0 Å². The lowest BCUT2D eigenvalue weighted by Gasteiger charge is -2.17. The molecule has 0 amide bonds. The Morgan fingerprint density at radius 2 is 1.72 bits per heavy atom. The van der Waals surface area contributed by atoms with Crippen molar-refractivity contribution >= 4 is 13.0 Å². The van der Waals surface area contributed by atoms with Gasteiger partial charge in [0.15, 0.2) is 11.6 Å². The van der Waals surface area contributed by atoms with Crippen LogP contribution in [0.1, 0.15) is 81.4 Å². The Balaban J connectivity index is 0. The highest BCUT2D eigenvalue weighted by molar-refractivity contribution is 5.63. The number of hydrogen-bond donors (Lipinski definition) is 1. The van der Waals surface area contributed by atoms with E-state index in [0.717, 1.165) is 41.0 Å². The quantitative estimate of drug-likeness (QED) is 0.113. The number of carbonyl (C=O) groups is 1. The van der Waals surface area contributed by atoms with E-state index >= 15 is 0 Å². The van der Waals surface area contributed by atoms with Crippen LogP contribution in [0.15, 0.2) is 71.8 Å². The Morgan fingerprint density at radius 1 is 1.12 bits per heavy atom. The molecule has 0 saturated heterocycles. The summed E-state index contributed by atoms with van der Waals surface area (Å²) in [5, 5.41) is 9.98. The molecule has 0 fully saturated rings. The van der Waals surface area contributed by atoms with Gasteiger partial charge in [-0.15, -0.1) is 0 Å². The Labute approximate surface area is 255 Å². The molecule has 2 aromatic carbocycles. The minimum absolute atomic E-state index is 0.197. The summed E-state index contributed by atoms with van der Waals surface area (Å²) < 4.78 is 55.7. The van der Waals surface area contributed by atoms with E-state index in [0.29, 0.717) is 5.56 Å². The molecule has 2 rings (SSSR count). The van der Waals surface area contributed by atoms with Crippen LogP contribution in [0.25, 0.3) is 0 Å². The molecule has 0 aliphatic rings. The van der Waals surface area contributed by atoms with Crippen molar-refractivity contribution in [2.24, 2.45) is 4.99 Å². The number of nitrogens with zero attached hydrogens (tertiary/aromatic N) is 1. The van der Waals surface area contributed by atoms with E-state index < -0.39 is 36.9 Å². The first kappa shape index (κ1) is 41.8. The van der Waals surface area contributed by atoms with Crippen molar-refractivity contribution in [3.63, 3.8) is 0 Å². The molecule has 0 spiro atoms. The molecule has 2 aromatic rings. The third-order valence-electron chi connectivity index (χ3n) is 6.02. The van der Waals surface area contributed by atoms with Crippen LogP contribution in [0.4, 0.5) is 17.6 Å². The summed E-state index contributed by atoms with van der Waals surface area (Å²) in [6, 6.07) is 8.36. The van der Waals surface area contributed by atoms with Crippen molar-refractivity contribution < 1.29 is 32.2 Å². The Morgan fingerprint density at radius 3 is 2.21 bits per heavy atom. The highest BCUT2D eigenvalue weighted by atomic mass is 19.3. The van der Waals surface area contributed by atoms with E-state index in [1.807, 2.05) is 45.9 Å². The van der Waals surface area contributed by atoms with Gasteiger partial charge in [-0.2, -0.15) is 0 Å². The van der Waals surface area contributed by atoms with Crippen LogP contribution in [0.3, 0.4) is 0 Å². The van der Waals surface area contributed by atoms with Gasteiger partial charge >= 0.3 is 0 Å². The number of carbonyl (C=O) groups excluding carboxylic acids is 1. The molecule has 8 heteroatoms. The molecule has 43 heavy (non-hydrogen) atoms. The average molecular weight is 608 g/mol. The van der Waals surface area contributed by atoms with Crippen LogP contribution in [0, 0.1) is 18.6 Å². The molecular weight excluding hydrogens is 558 g/mol. The molecule has 0 aromatic heterocycles. The standard InChI is InChI=1S/C16H18F2O.C15H20F2O2.C2H5N.C2H6/c1-4-5-6-7-11(2)15(19)10-13-8-12(3)16(18)14(17)9-13;1-4-12-5-6-13(7-14(12)10(2)8-18)11(3)19-9-15(16)17;1-3-2;1-2/h4-9,15,19H,1,10H2,2-3H3;5-8,10-11,15H,4,9H2,1-3H3;1H2,2H3;1-2H3/b6-5-,11-7+;;;. The SMILES string of the molecule is C=C/C=C\C=C(/C)C(O)Cc1cc(C)c(F)c(F)c1.C=NC.CC.CCc1ccc(C(C)OCC(F)F)cc1C(C)C=O. The lowest BCUT2D eigenvalue weighted by Crippen LogP contribution is -2.12. The van der Waals surface area contributed by atoms with E-state index in [-0.39, 0.29) is 17.9 Å². The fraction of sp³-hybridized carbons (Fsp3) is 0.429. The molecule has 240 valence electrons. The van der Waals surface area contributed by atoms with Crippen LogP contribution in [0.5, 0.6) is 0 Å². The Kier molecular flexibility index (Phi) is 23.4. The topological polar surface area (TPSA) is 58.9 Å². The maximum absolute atomic E-state index is 13.2. The summed E-state index contributed by atoms with van der Waals surface area (Å²) in [5.41, 5.74) is 4.44. The first-order chi connectivity index (χ1) is 20.4. The highest BCUT2D eigenvalue weighted by Gasteiger charge is 2.15. The molecule has 0 saturated carbocycles. The van der Waals surface area contributed by atoms with Gasteiger partial charge in [-0.05, 0) is 73.4 Å². The fourth-order valence-electron chi connectivity index (χ4n) is 3.70. The van der Waals surface area contributed by atoms with Crippen molar-refractivity contribution in [1.29, 1.82) is 0 Å². The summed E-state index contributed by atoms with van der Waals surface area (Å²) in [6.45, 7) is 19.0. The van der Waals surface area contributed by atoms with Gasteiger partial charge in [0, 0.05) is 19.4 Å². The minimum atomic E-state index is -2.47. The van der Waals surface area contributed by atoms with Crippen molar-refractivity contribution in [2.75, 3.05) is 13.7 Å². The van der Waals surface area contributed by atoms with Crippen LogP contribution >= 0.6 is 0 Å². The number of rotatable bonds is 12. The minimum Gasteiger partial charge on any atom is -0.388 e. The van der Waals surface area contributed by atoms with Crippen molar-refractivity contribution in [3.05, 3.63) is 106 Å². The number of aliphatic hydroxyl groups excluding tert-OH is 1. The second-order valence-corrected chi connectivity index (χ2v) is 9.38. The molecule has 3 atom stereocenters. The third kappa shape index (κ3) is 16.8. The molecule has 0 aliphatic carbocycles. The van der Waals surface area contributed by atoms with Crippen molar-refractivity contribution in [3.8, 4) is 0 Å². The number of hydrogen-bond acceptors (Lipinski definition) is 4. The molecular formula is C35H49F4NO3. The summed E-state index contributed by atoms with van der Waals surface area (Å²) in [6.07, 6.45) is 5.29. The number of aryl methyl sites for hydroxylation is 2. The monoisotopic (exact) mass is 607 g/mol. The van der Waals surface area contributed by atoms with E-state index in [2.05, 4.69) is 18.3 Å². The smallest absolute Gasteiger partial charge is 0.261 e. The predicted molar refractivity (Wildman–Crippen MR) is 171 cm³/mol. The number of aliphatic imine (C=N–C) groups is 1. The number of aldehydes is 1. The van der Waals surface area contributed by atoms with Gasteiger partial charge in [-0.25, -0.2) is 17.6 Å². The molecule has 4 nitrogen and oxygen atoms in total. The number of ether oxygens (including phenoxy) is 1. The molecule has 0 bridgehead atoms. The van der Waals surface area contributed by atoms with Gasteiger partial charge < -0.3 is 19.6 Å². The molecule has 1 N–H and O–H groups in total. The Bertz CT molecular complexity index is 1140. The van der Waals surface area contributed by atoms with Gasteiger partial charge in [0.1, 0.15) is 12.9 Å². The largest absolute Gasteiger partial charge is 0.388 e.